The minimum Gasteiger partial charge on any atom is -0.493 e. The number of methoxy groups -OCH3 is 4. The molecule has 0 aliphatic heterocycles. The first kappa shape index (κ1) is 18.2. The fourth-order valence-corrected chi connectivity index (χ4v) is 2.15. The summed E-state index contributed by atoms with van der Waals surface area (Å²) in [5, 5.41) is 0. The van der Waals surface area contributed by atoms with Crippen LogP contribution in [-0.2, 0) is 4.79 Å². The van der Waals surface area contributed by atoms with Crippen LogP contribution in [0.2, 0.25) is 0 Å². The molecule has 25 heavy (non-hydrogen) atoms. The van der Waals surface area contributed by atoms with Crippen molar-refractivity contribution in [2.75, 3.05) is 28.4 Å². The van der Waals surface area contributed by atoms with Crippen molar-refractivity contribution in [1.82, 2.24) is 0 Å². The molecule has 0 radical (unpaired) electrons. The van der Waals surface area contributed by atoms with Crippen LogP contribution in [0.4, 0.5) is 0 Å². The van der Waals surface area contributed by atoms with Gasteiger partial charge in [-0.3, -0.25) is 0 Å². The standard InChI is InChI=1S/C19H20O6/c1-21-15-8-5-13(11-17(15)23-3)6-10-19(20)25-14-7-9-16(22-2)18(12-14)24-4/h5-12H,1-4H3. The Hall–Kier alpha value is -3.15. The van der Waals surface area contributed by atoms with E-state index in [0.29, 0.717) is 28.7 Å². The van der Waals surface area contributed by atoms with Crippen molar-refractivity contribution in [3.63, 3.8) is 0 Å². The molecule has 2 aromatic carbocycles. The first-order chi connectivity index (χ1) is 12.1. The average Bonchev–Trinajstić information content (AvgIpc) is 2.65. The van der Waals surface area contributed by atoms with Gasteiger partial charge in [-0.1, -0.05) is 6.07 Å². The zero-order valence-electron chi connectivity index (χ0n) is 14.6. The van der Waals surface area contributed by atoms with Gasteiger partial charge in [0.15, 0.2) is 23.0 Å². The Balaban J connectivity index is 2.08. The average molecular weight is 344 g/mol. The number of hydrogen-bond acceptors (Lipinski definition) is 6. The maximum atomic E-state index is 12.0. The third-order valence-corrected chi connectivity index (χ3v) is 3.39. The summed E-state index contributed by atoms with van der Waals surface area (Å²) in [4.78, 5) is 12.0. The monoisotopic (exact) mass is 344 g/mol. The molecule has 0 heterocycles. The molecule has 0 saturated heterocycles. The van der Waals surface area contributed by atoms with Crippen molar-refractivity contribution >= 4 is 12.0 Å². The first-order valence-corrected chi connectivity index (χ1v) is 7.45. The molecule has 0 aliphatic carbocycles. The van der Waals surface area contributed by atoms with Crippen molar-refractivity contribution in [1.29, 1.82) is 0 Å². The summed E-state index contributed by atoms with van der Waals surface area (Å²) in [5.74, 6) is 2.09. The Labute approximate surface area is 146 Å². The molecule has 6 nitrogen and oxygen atoms in total. The van der Waals surface area contributed by atoms with E-state index in [1.165, 1.54) is 20.3 Å². The molecular formula is C19H20O6. The summed E-state index contributed by atoms with van der Waals surface area (Å²) < 4.78 is 26.0. The highest BCUT2D eigenvalue weighted by molar-refractivity contribution is 5.88. The van der Waals surface area contributed by atoms with E-state index in [1.807, 2.05) is 6.07 Å². The predicted octanol–water partition coefficient (Wildman–Crippen LogP) is 3.34. The topological polar surface area (TPSA) is 63.2 Å². The minimum atomic E-state index is -0.512. The molecule has 0 amide bonds. The Bertz CT molecular complexity index is 767. The molecule has 0 N–H and O–H groups in total. The van der Waals surface area contributed by atoms with E-state index in [9.17, 15) is 4.79 Å². The number of ether oxygens (including phenoxy) is 5. The van der Waals surface area contributed by atoms with Gasteiger partial charge in [-0.15, -0.1) is 0 Å². The van der Waals surface area contributed by atoms with Crippen LogP contribution in [0.3, 0.4) is 0 Å². The summed E-state index contributed by atoms with van der Waals surface area (Å²) >= 11 is 0. The summed E-state index contributed by atoms with van der Waals surface area (Å²) in [6.45, 7) is 0. The zero-order chi connectivity index (χ0) is 18.2. The fraction of sp³-hybridized carbons (Fsp3) is 0.211. The van der Waals surface area contributed by atoms with Crippen LogP contribution in [0.25, 0.3) is 6.08 Å². The lowest BCUT2D eigenvalue weighted by atomic mass is 10.2. The molecule has 0 fully saturated rings. The summed E-state index contributed by atoms with van der Waals surface area (Å²) in [6, 6.07) is 10.2. The lowest BCUT2D eigenvalue weighted by molar-refractivity contribution is -0.128. The summed E-state index contributed by atoms with van der Waals surface area (Å²) in [5.41, 5.74) is 0.780. The van der Waals surface area contributed by atoms with Crippen LogP contribution < -0.4 is 23.7 Å². The molecule has 0 bridgehead atoms. The van der Waals surface area contributed by atoms with Crippen molar-refractivity contribution in [3.8, 4) is 28.7 Å². The van der Waals surface area contributed by atoms with Gasteiger partial charge in [0.1, 0.15) is 5.75 Å². The van der Waals surface area contributed by atoms with Crippen molar-refractivity contribution in [2.24, 2.45) is 0 Å². The number of carbonyl (C=O) groups excluding carboxylic acids is 1. The number of hydrogen-bond donors (Lipinski definition) is 0. The van der Waals surface area contributed by atoms with Gasteiger partial charge in [-0.05, 0) is 35.9 Å². The van der Waals surface area contributed by atoms with Crippen molar-refractivity contribution in [3.05, 3.63) is 48.0 Å². The van der Waals surface area contributed by atoms with Crippen LogP contribution in [-0.4, -0.2) is 34.4 Å². The zero-order valence-corrected chi connectivity index (χ0v) is 14.6. The number of esters is 1. The van der Waals surface area contributed by atoms with Gasteiger partial charge in [0.05, 0.1) is 28.4 Å². The number of benzene rings is 2. The fourth-order valence-electron chi connectivity index (χ4n) is 2.15. The number of carbonyl (C=O) groups is 1. The van der Waals surface area contributed by atoms with Crippen LogP contribution in [0.15, 0.2) is 42.5 Å². The van der Waals surface area contributed by atoms with Crippen molar-refractivity contribution < 1.29 is 28.5 Å². The molecule has 2 aromatic rings. The van der Waals surface area contributed by atoms with Gasteiger partial charge in [0, 0.05) is 12.1 Å². The van der Waals surface area contributed by atoms with E-state index in [1.54, 1.807) is 50.6 Å². The Morgan fingerprint density at radius 1 is 0.760 bits per heavy atom. The minimum absolute atomic E-state index is 0.361. The molecular weight excluding hydrogens is 324 g/mol. The van der Waals surface area contributed by atoms with Crippen LogP contribution in [0, 0.1) is 0 Å². The molecule has 0 spiro atoms. The molecule has 2 rings (SSSR count). The molecule has 0 aromatic heterocycles. The van der Waals surface area contributed by atoms with Gasteiger partial charge >= 0.3 is 5.97 Å². The molecule has 0 atom stereocenters. The quantitative estimate of drug-likeness (QED) is 0.436. The van der Waals surface area contributed by atoms with Gasteiger partial charge in [0.2, 0.25) is 0 Å². The van der Waals surface area contributed by atoms with E-state index < -0.39 is 5.97 Å². The lowest BCUT2D eigenvalue weighted by Gasteiger charge is -2.09. The molecule has 0 unspecified atom stereocenters. The largest absolute Gasteiger partial charge is 0.493 e. The van der Waals surface area contributed by atoms with E-state index >= 15 is 0 Å². The Morgan fingerprint density at radius 3 is 1.92 bits per heavy atom. The maximum Gasteiger partial charge on any atom is 0.336 e. The van der Waals surface area contributed by atoms with E-state index in [0.717, 1.165) is 5.56 Å². The van der Waals surface area contributed by atoms with E-state index in [4.69, 9.17) is 23.7 Å². The highest BCUT2D eigenvalue weighted by Gasteiger charge is 2.08. The van der Waals surface area contributed by atoms with Crippen LogP contribution in [0.1, 0.15) is 5.56 Å². The highest BCUT2D eigenvalue weighted by Crippen LogP contribution is 2.31. The van der Waals surface area contributed by atoms with E-state index in [2.05, 4.69) is 0 Å². The van der Waals surface area contributed by atoms with Crippen LogP contribution in [0.5, 0.6) is 28.7 Å². The van der Waals surface area contributed by atoms with Gasteiger partial charge in [-0.25, -0.2) is 4.79 Å². The normalized spacial score (nSPS) is 10.4. The third kappa shape index (κ3) is 4.67. The highest BCUT2D eigenvalue weighted by atomic mass is 16.5. The van der Waals surface area contributed by atoms with Crippen LogP contribution >= 0.6 is 0 Å². The molecule has 0 aliphatic rings. The second kappa shape index (κ2) is 8.63. The summed E-state index contributed by atoms with van der Waals surface area (Å²) in [6.07, 6.45) is 2.96. The SMILES string of the molecule is COc1ccc(C=CC(=O)Oc2ccc(OC)c(OC)c2)cc1OC. The summed E-state index contributed by atoms with van der Waals surface area (Å²) in [7, 11) is 6.17. The second-order valence-corrected chi connectivity index (χ2v) is 4.89. The van der Waals surface area contributed by atoms with Gasteiger partial charge < -0.3 is 23.7 Å². The van der Waals surface area contributed by atoms with Gasteiger partial charge in [-0.2, -0.15) is 0 Å². The smallest absolute Gasteiger partial charge is 0.336 e. The van der Waals surface area contributed by atoms with Crippen molar-refractivity contribution in [2.45, 2.75) is 0 Å². The predicted molar refractivity (Wildman–Crippen MR) is 93.8 cm³/mol. The van der Waals surface area contributed by atoms with E-state index in [-0.39, 0.29) is 0 Å². The Morgan fingerprint density at radius 2 is 1.32 bits per heavy atom. The maximum absolute atomic E-state index is 12.0. The molecule has 0 saturated carbocycles. The lowest BCUT2D eigenvalue weighted by Crippen LogP contribution is -2.04. The number of rotatable bonds is 7. The van der Waals surface area contributed by atoms with Gasteiger partial charge in [0.25, 0.3) is 0 Å². The molecule has 132 valence electrons. The third-order valence-electron chi connectivity index (χ3n) is 3.39. The second-order valence-electron chi connectivity index (χ2n) is 4.89. The molecule has 6 heteroatoms. The first-order valence-electron chi connectivity index (χ1n) is 7.45. The Kier molecular flexibility index (Phi) is 6.28.